The van der Waals surface area contributed by atoms with E-state index in [0.29, 0.717) is 36.0 Å². The number of carboxylic acids is 1. The second-order valence-corrected chi connectivity index (χ2v) is 8.31. The van der Waals surface area contributed by atoms with E-state index >= 15 is 0 Å². The summed E-state index contributed by atoms with van der Waals surface area (Å²) in [6.45, 7) is 2.51. The Bertz CT molecular complexity index is 656. The van der Waals surface area contributed by atoms with Crippen LogP contribution in [0.5, 0.6) is 5.75 Å². The molecule has 2 rings (SSSR count). The number of carboxylic acid groups (broad SMARTS) is 1. The number of nitrogens with zero attached hydrogens (tertiary/aromatic N) is 1. The quantitative estimate of drug-likeness (QED) is 0.460. The number of fused-ring (bicyclic) bond motifs is 1. The van der Waals surface area contributed by atoms with Crippen LogP contribution in [-0.4, -0.2) is 53.6 Å². The number of carbonyl (C=O) groups excluding carboxylic acids is 2. The zero-order valence-corrected chi connectivity index (χ0v) is 16.1. The van der Waals surface area contributed by atoms with Crippen molar-refractivity contribution < 1.29 is 24.2 Å². The van der Waals surface area contributed by atoms with E-state index < -0.39 is 12.1 Å². The first kappa shape index (κ1) is 20.4. The average molecular weight is 399 g/mol. The van der Waals surface area contributed by atoms with Crippen molar-refractivity contribution in [2.75, 3.05) is 29.5 Å². The van der Waals surface area contributed by atoms with Crippen LogP contribution in [0.1, 0.15) is 19.8 Å². The van der Waals surface area contributed by atoms with Gasteiger partial charge in [0.15, 0.2) is 6.10 Å². The first-order chi connectivity index (χ1) is 12.5. The zero-order chi connectivity index (χ0) is 18.9. The lowest BCUT2D eigenvalue weighted by Gasteiger charge is -2.32. The molecule has 0 aromatic heterocycles. The number of aliphatic carboxylic acids is 1. The molecule has 9 heteroatoms. The maximum absolute atomic E-state index is 12.3. The molecule has 1 atom stereocenters. The lowest BCUT2D eigenvalue weighted by Crippen LogP contribution is -2.45. The van der Waals surface area contributed by atoms with Crippen LogP contribution in [0.2, 0.25) is 0 Å². The van der Waals surface area contributed by atoms with E-state index in [2.05, 4.69) is 5.32 Å². The summed E-state index contributed by atoms with van der Waals surface area (Å²) in [7, 11) is 3.01. The molecule has 1 aromatic rings. The van der Waals surface area contributed by atoms with Gasteiger partial charge in [0.2, 0.25) is 5.91 Å². The van der Waals surface area contributed by atoms with Gasteiger partial charge in [-0.15, -0.1) is 0 Å². The highest BCUT2D eigenvalue weighted by Crippen LogP contribution is 2.33. The van der Waals surface area contributed by atoms with Crippen molar-refractivity contribution in [1.29, 1.82) is 0 Å². The SMILES string of the molecule is CC1Oc2ccccc2N(CCC(=O)NCCSSCCC(=O)O)C1=O. The fourth-order valence-corrected chi connectivity index (χ4v) is 4.26. The van der Waals surface area contributed by atoms with Crippen LogP contribution in [0.3, 0.4) is 0 Å². The van der Waals surface area contributed by atoms with Crippen LogP contribution < -0.4 is 15.0 Å². The van der Waals surface area contributed by atoms with Crippen LogP contribution in [-0.2, 0) is 14.4 Å². The van der Waals surface area contributed by atoms with Crippen molar-refractivity contribution in [1.82, 2.24) is 5.32 Å². The van der Waals surface area contributed by atoms with E-state index in [1.54, 1.807) is 11.8 Å². The summed E-state index contributed by atoms with van der Waals surface area (Å²) in [5.74, 6) is 0.819. The van der Waals surface area contributed by atoms with E-state index in [1.165, 1.54) is 21.6 Å². The molecule has 0 saturated heterocycles. The van der Waals surface area contributed by atoms with E-state index in [0.717, 1.165) is 0 Å². The molecular weight excluding hydrogens is 376 g/mol. The van der Waals surface area contributed by atoms with Gasteiger partial charge in [-0.2, -0.15) is 0 Å². The van der Waals surface area contributed by atoms with Gasteiger partial charge < -0.3 is 20.1 Å². The van der Waals surface area contributed by atoms with Crippen LogP contribution in [0.25, 0.3) is 0 Å². The summed E-state index contributed by atoms with van der Waals surface area (Å²) in [5.41, 5.74) is 0.689. The zero-order valence-electron chi connectivity index (χ0n) is 14.5. The molecule has 0 bridgehead atoms. The molecule has 1 aliphatic rings. The summed E-state index contributed by atoms with van der Waals surface area (Å²) in [5, 5.41) is 11.3. The molecule has 0 fully saturated rings. The Morgan fingerprint density at radius 1 is 1.23 bits per heavy atom. The van der Waals surface area contributed by atoms with Crippen LogP contribution in [0.4, 0.5) is 5.69 Å². The fourth-order valence-electron chi connectivity index (χ4n) is 2.37. The van der Waals surface area contributed by atoms with Crippen molar-refractivity contribution in [3.63, 3.8) is 0 Å². The maximum atomic E-state index is 12.3. The average Bonchev–Trinajstić information content (AvgIpc) is 2.61. The van der Waals surface area contributed by atoms with Crippen molar-refractivity contribution in [3.05, 3.63) is 24.3 Å². The van der Waals surface area contributed by atoms with Gasteiger partial charge in [0.05, 0.1) is 12.1 Å². The highest BCUT2D eigenvalue weighted by atomic mass is 33.1. The Labute approximate surface area is 160 Å². The van der Waals surface area contributed by atoms with Gasteiger partial charge in [0.25, 0.3) is 5.91 Å². The minimum Gasteiger partial charge on any atom is -0.481 e. The summed E-state index contributed by atoms with van der Waals surface area (Å²) < 4.78 is 5.57. The smallest absolute Gasteiger partial charge is 0.304 e. The minimum atomic E-state index is -0.806. The maximum Gasteiger partial charge on any atom is 0.304 e. The van der Waals surface area contributed by atoms with E-state index in [1.807, 2.05) is 24.3 Å². The number of amides is 2. The van der Waals surface area contributed by atoms with Crippen molar-refractivity contribution in [2.45, 2.75) is 25.9 Å². The third-order valence-corrected chi connectivity index (χ3v) is 6.03. The molecule has 0 spiro atoms. The molecule has 1 heterocycles. The van der Waals surface area contributed by atoms with Crippen LogP contribution >= 0.6 is 21.6 Å². The van der Waals surface area contributed by atoms with E-state index in [9.17, 15) is 14.4 Å². The molecule has 1 aliphatic heterocycles. The van der Waals surface area contributed by atoms with Gasteiger partial charge in [-0.3, -0.25) is 14.4 Å². The Kier molecular flexibility index (Phi) is 8.11. The molecule has 26 heavy (non-hydrogen) atoms. The number of benzene rings is 1. The fraction of sp³-hybridized carbons (Fsp3) is 0.471. The predicted molar refractivity (Wildman–Crippen MR) is 104 cm³/mol. The van der Waals surface area contributed by atoms with Gasteiger partial charge in [-0.25, -0.2) is 0 Å². The predicted octanol–water partition coefficient (Wildman–Crippen LogP) is 2.16. The third kappa shape index (κ3) is 6.14. The molecule has 0 saturated carbocycles. The van der Waals surface area contributed by atoms with Crippen molar-refractivity contribution in [3.8, 4) is 5.75 Å². The Balaban J connectivity index is 1.70. The lowest BCUT2D eigenvalue weighted by molar-refractivity contribution is -0.136. The third-order valence-electron chi connectivity index (χ3n) is 3.63. The van der Waals surface area contributed by atoms with Gasteiger partial charge in [-0.1, -0.05) is 33.7 Å². The van der Waals surface area contributed by atoms with Crippen LogP contribution in [0.15, 0.2) is 24.3 Å². The number of para-hydroxylation sites is 2. The lowest BCUT2D eigenvalue weighted by atomic mass is 10.1. The topological polar surface area (TPSA) is 95.9 Å². The second-order valence-electron chi connectivity index (χ2n) is 5.61. The summed E-state index contributed by atoms with van der Waals surface area (Å²) in [6, 6.07) is 7.29. The Morgan fingerprint density at radius 3 is 2.73 bits per heavy atom. The number of anilines is 1. The molecule has 0 aliphatic carbocycles. The highest BCUT2D eigenvalue weighted by Gasteiger charge is 2.31. The van der Waals surface area contributed by atoms with Gasteiger partial charge in [0.1, 0.15) is 5.75 Å². The first-order valence-electron chi connectivity index (χ1n) is 8.29. The standard InChI is InChI=1S/C17H22N2O5S2/c1-12-17(23)19(13-4-2-3-5-14(13)24-12)9-6-15(20)18-8-11-26-25-10-7-16(21)22/h2-5,12H,6-11H2,1H3,(H,18,20)(H,21,22). The minimum absolute atomic E-state index is 0.120. The first-order valence-corrected chi connectivity index (χ1v) is 10.8. The highest BCUT2D eigenvalue weighted by molar-refractivity contribution is 8.76. The van der Waals surface area contributed by atoms with Crippen LogP contribution in [0, 0.1) is 0 Å². The molecule has 1 aromatic carbocycles. The normalized spacial score (nSPS) is 16.0. The summed E-state index contributed by atoms with van der Waals surface area (Å²) in [4.78, 5) is 36.3. The monoisotopic (exact) mass is 398 g/mol. The number of ether oxygens (including phenoxy) is 1. The van der Waals surface area contributed by atoms with E-state index in [-0.39, 0.29) is 24.7 Å². The molecule has 0 radical (unpaired) electrons. The number of nitrogens with one attached hydrogen (secondary N) is 1. The molecular formula is C17H22N2O5S2. The molecule has 2 N–H and O–H groups in total. The molecule has 2 amide bonds. The molecule has 1 unspecified atom stereocenters. The number of carbonyl (C=O) groups is 3. The van der Waals surface area contributed by atoms with Crippen molar-refractivity contribution in [2.24, 2.45) is 0 Å². The van der Waals surface area contributed by atoms with Gasteiger partial charge >= 0.3 is 5.97 Å². The number of rotatable bonds is 10. The summed E-state index contributed by atoms with van der Waals surface area (Å²) in [6.07, 6.45) is -0.214. The Hall–Kier alpha value is -1.87. The van der Waals surface area contributed by atoms with E-state index in [4.69, 9.17) is 9.84 Å². The molecule has 7 nitrogen and oxygen atoms in total. The van der Waals surface area contributed by atoms with Gasteiger partial charge in [-0.05, 0) is 19.1 Å². The van der Waals surface area contributed by atoms with Gasteiger partial charge in [0, 0.05) is 31.0 Å². The number of hydrogen-bond donors (Lipinski definition) is 2. The Morgan fingerprint density at radius 2 is 1.96 bits per heavy atom. The molecule has 142 valence electrons. The number of hydrogen-bond acceptors (Lipinski definition) is 6. The summed E-state index contributed by atoms with van der Waals surface area (Å²) >= 11 is 0. The largest absolute Gasteiger partial charge is 0.481 e. The second kappa shape index (κ2) is 10.3. The van der Waals surface area contributed by atoms with Crippen molar-refractivity contribution >= 4 is 45.1 Å².